The standard InChI is InChI=1S/C26H26N6O3/c1-5-35-25(34)21-15-27-26(32-18(4)14-17(3)31-32)30-23(21)29-22-9-7-6-8-20(22)24(33)28-19-12-10-16(2)11-13-19/h6-15H,5H2,1-4H3,(H,28,33)(H,27,29,30). The van der Waals surface area contributed by atoms with E-state index < -0.39 is 5.97 Å². The van der Waals surface area contributed by atoms with Crippen molar-refractivity contribution in [2.45, 2.75) is 27.7 Å². The van der Waals surface area contributed by atoms with Crippen molar-refractivity contribution in [3.63, 3.8) is 0 Å². The fourth-order valence-corrected chi connectivity index (χ4v) is 3.51. The minimum atomic E-state index is -0.573. The van der Waals surface area contributed by atoms with E-state index in [-0.39, 0.29) is 29.8 Å². The Morgan fingerprint density at radius 3 is 2.43 bits per heavy atom. The summed E-state index contributed by atoms with van der Waals surface area (Å²) in [4.78, 5) is 34.6. The molecule has 4 rings (SSSR count). The first-order valence-corrected chi connectivity index (χ1v) is 11.2. The Bertz CT molecular complexity index is 1380. The largest absolute Gasteiger partial charge is 0.462 e. The first-order valence-electron chi connectivity index (χ1n) is 11.2. The second-order valence-electron chi connectivity index (χ2n) is 7.98. The van der Waals surface area contributed by atoms with Gasteiger partial charge >= 0.3 is 5.97 Å². The lowest BCUT2D eigenvalue weighted by atomic mass is 10.1. The first-order chi connectivity index (χ1) is 16.9. The molecule has 0 saturated heterocycles. The normalized spacial score (nSPS) is 10.6. The Morgan fingerprint density at radius 1 is 1.00 bits per heavy atom. The number of aromatic nitrogens is 4. The summed E-state index contributed by atoms with van der Waals surface area (Å²) in [6.45, 7) is 7.67. The summed E-state index contributed by atoms with van der Waals surface area (Å²) < 4.78 is 6.77. The molecule has 0 radical (unpaired) electrons. The molecule has 9 heteroatoms. The van der Waals surface area contributed by atoms with Crippen molar-refractivity contribution in [3.05, 3.63) is 88.9 Å². The van der Waals surface area contributed by atoms with Crippen LogP contribution < -0.4 is 10.6 Å². The highest BCUT2D eigenvalue weighted by molar-refractivity contribution is 6.08. The maximum Gasteiger partial charge on any atom is 0.343 e. The molecule has 4 aromatic rings. The van der Waals surface area contributed by atoms with Crippen LogP contribution in [0.4, 0.5) is 17.2 Å². The average molecular weight is 471 g/mol. The van der Waals surface area contributed by atoms with Crippen molar-refractivity contribution in [1.82, 2.24) is 19.7 Å². The van der Waals surface area contributed by atoms with Gasteiger partial charge in [0, 0.05) is 17.6 Å². The van der Waals surface area contributed by atoms with Crippen LogP contribution >= 0.6 is 0 Å². The van der Waals surface area contributed by atoms with Gasteiger partial charge in [-0.15, -0.1) is 0 Å². The van der Waals surface area contributed by atoms with Gasteiger partial charge in [0.05, 0.1) is 23.6 Å². The quantitative estimate of drug-likeness (QED) is 0.375. The highest BCUT2D eigenvalue weighted by Crippen LogP contribution is 2.25. The van der Waals surface area contributed by atoms with E-state index in [1.807, 2.05) is 51.1 Å². The zero-order valence-corrected chi connectivity index (χ0v) is 20.0. The van der Waals surface area contributed by atoms with Gasteiger partial charge in [0.25, 0.3) is 11.9 Å². The van der Waals surface area contributed by atoms with E-state index in [1.54, 1.807) is 35.9 Å². The van der Waals surface area contributed by atoms with Gasteiger partial charge in [0.2, 0.25) is 0 Å². The Morgan fingerprint density at radius 2 is 1.74 bits per heavy atom. The molecular formula is C26H26N6O3. The van der Waals surface area contributed by atoms with Crippen molar-refractivity contribution in [3.8, 4) is 5.95 Å². The predicted molar refractivity (Wildman–Crippen MR) is 133 cm³/mol. The van der Waals surface area contributed by atoms with Crippen LogP contribution in [0.1, 0.15) is 44.6 Å². The van der Waals surface area contributed by atoms with Crippen LogP contribution in [0.2, 0.25) is 0 Å². The molecule has 0 aliphatic carbocycles. The van der Waals surface area contributed by atoms with Gasteiger partial charge in [-0.3, -0.25) is 4.79 Å². The van der Waals surface area contributed by atoms with Crippen LogP contribution in [0.25, 0.3) is 5.95 Å². The van der Waals surface area contributed by atoms with Crippen LogP contribution in [-0.2, 0) is 4.74 Å². The number of carbonyl (C=O) groups is 2. The summed E-state index contributed by atoms with van der Waals surface area (Å²) in [5, 5.41) is 10.5. The van der Waals surface area contributed by atoms with Gasteiger partial charge < -0.3 is 15.4 Å². The van der Waals surface area contributed by atoms with E-state index in [9.17, 15) is 9.59 Å². The number of aryl methyl sites for hydroxylation is 3. The number of anilines is 3. The minimum Gasteiger partial charge on any atom is -0.462 e. The van der Waals surface area contributed by atoms with Gasteiger partial charge in [0.1, 0.15) is 5.56 Å². The zero-order chi connectivity index (χ0) is 24.9. The molecule has 0 aliphatic rings. The molecule has 0 spiro atoms. The SMILES string of the molecule is CCOC(=O)c1cnc(-n2nc(C)cc2C)nc1Nc1ccccc1C(=O)Nc1ccc(C)cc1. The van der Waals surface area contributed by atoms with Crippen LogP contribution in [0, 0.1) is 20.8 Å². The summed E-state index contributed by atoms with van der Waals surface area (Å²) >= 11 is 0. The number of carbonyl (C=O) groups excluding carboxylic acids is 2. The first kappa shape index (κ1) is 23.6. The molecule has 35 heavy (non-hydrogen) atoms. The summed E-state index contributed by atoms with van der Waals surface area (Å²) in [5.41, 5.74) is 4.43. The fraction of sp³-hybridized carbons (Fsp3) is 0.192. The molecule has 9 nitrogen and oxygen atoms in total. The number of ether oxygens (including phenoxy) is 1. The van der Waals surface area contributed by atoms with Crippen LogP contribution in [0.3, 0.4) is 0 Å². The second kappa shape index (κ2) is 10.2. The zero-order valence-electron chi connectivity index (χ0n) is 20.0. The second-order valence-corrected chi connectivity index (χ2v) is 7.98. The molecule has 0 unspecified atom stereocenters. The molecular weight excluding hydrogens is 444 g/mol. The van der Waals surface area contributed by atoms with Crippen molar-refractivity contribution in [2.24, 2.45) is 0 Å². The molecule has 0 fully saturated rings. The lowest BCUT2D eigenvalue weighted by molar-refractivity contribution is 0.0526. The highest BCUT2D eigenvalue weighted by Gasteiger charge is 2.20. The Kier molecular flexibility index (Phi) is 6.86. The van der Waals surface area contributed by atoms with Crippen LogP contribution in [0.15, 0.2) is 60.8 Å². The van der Waals surface area contributed by atoms with Gasteiger partial charge in [-0.25, -0.2) is 14.5 Å². The third kappa shape index (κ3) is 5.35. The number of para-hydroxylation sites is 1. The summed E-state index contributed by atoms with van der Waals surface area (Å²) in [6, 6.07) is 16.4. The maximum absolute atomic E-state index is 13.1. The number of benzene rings is 2. The maximum atomic E-state index is 13.1. The number of hydrogen-bond donors (Lipinski definition) is 2. The third-order valence-corrected chi connectivity index (χ3v) is 5.20. The topological polar surface area (TPSA) is 111 Å². The van der Waals surface area contributed by atoms with Crippen LogP contribution in [-0.4, -0.2) is 38.2 Å². The Balaban J connectivity index is 1.71. The number of amides is 1. The van der Waals surface area contributed by atoms with Crippen molar-refractivity contribution >= 4 is 29.1 Å². The molecule has 2 heterocycles. The Labute approximate surface area is 203 Å². The number of esters is 1. The molecule has 0 saturated carbocycles. The molecule has 2 N–H and O–H groups in total. The number of rotatable bonds is 7. The molecule has 1 amide bonds. The van der Waals surface area contributed by atoms with Crippen molar-refractivity contribution in [1.29, 1.82) is 0 Å². The molecule has 2 aromatic heterocycles. The lowest BCUT2D eigenvalue weighted by Crippen LogP contribution is -2.16. The fourth-order valence-electron chi connectivity index (χ4n) is 3.51. The van der Waals surface area contributed by atoms with E-state index in [4.69, 9.17) is 4.74 Å². The molecule has 2 aromatic carbocycles. The lowest BCUT2D eigenvalue weighted by Gasteiger charge is -2.15. The van der Waals surface area contributed by atoms with Crippen molar-refractivity contribution < 1.29 is 14.3 Å². The average Bonchev–Trinajstić information content (AvgIpc) is 3.18. The van der Waals surface area contributed by atoms with Crippen LogP contribution in [0.5, 0.6) is 0 Å². The van der Waals surface area contributed by atoms with Gasteiger partial charge in [-0.2, -0.15) is 10.1 Å². The molecule has 178 valence electrons. The van der Waals surface area contributed by atoms with E-state index in [1.165, 1.54) is 6.20 Å². The van der Waals surface area contributed by atoms with E-state index in [0.29, 0.717) is 16.9 Å². The molecule has 0 atom stereocenters. The van der Waals surface area contributed by atoms with E-state index in [0.717, 1.165) is 17.0 Å². The smallest absolute Gasteiger partial charge is 0.343 e. The molecule has 0 aliphatic heterocycles. The van der Waals surface area contributed by atoms with Gasteiger partial charge in [-0.1, -0.05) is 29.8 Å². The van der Waals surface area contributed by atoms with Gasteiger partial charge in [-0.05, 0) is 58.0 Å². The summed E-state index contributed by atoms with van der Waals surface area (Å²) in [7, 11) is 0. The highest BCUT2D eigenvalue weighted by atomic mass is 16.5. The van der Waals surface area contributed by atoms with Gasteiger partial charge in [0.15, 0.2) is 5.82 Å². The monoisotopic (exact) mass is 470 g/mol. The Hall–Kier alpha value is -4.53. The van der Waals surface area contributed by atoms with E-state index >= 15 is 0 Å². The minimum absolute atomic E-state index is 0.144. The van der Waals surface area contributed by atoms with E-state index in [2.05, 4.69) is 25.7 Å². The molecule has 0 bridgehead atoms. The number of nitrogens with zero attached hydrogens (tertiary/aromatic N) is 4. The summed E-state index contributed by atoms with van der Waals surface area (Å²) in [6.07, 6.45) is 1.40. The predicted octanol–water partition coefficient (Wildman–Crippen LogP) is 4.76. The summed E-state index contributed by atoms with van der Waals surface area (Å²) in [5.74, 6) is -0.386. The number of nitrogens with one attached hydrogen (secondary N) is 2. The van der Waals surface area contributed by atoms with Crippen molar-refractivity contribution in [2.75, 3.05) is 17.2 Å². The number of hydrogen-bond acceptors (Lipinski definition) is 7. The third-order valence-electron chi connectivity index (χ3n) is 5.20.